The lowest BCUT2D eigenvalue weighted by atomic mass is 10.0. The molecular formula is C17H22N4. The molecule has 0 saturated heterocycles. The summed E-state index contributed by atoms with van der Waals surface area (Å²) >= 11 is 0. The van der Waals surface area contributed by atoms with E-state index in [1.807, 2.05) is 30.3 Å². The van der Waals surface area contributed by atoms with Crippen molar-refractivity contribution in [1.29, 1.82) is 5.26 Å². The number of hydrogen-bond donors (Lipinski definition) is 1. The highest BCUT2D eigenvalue weighted by molar-refractivity contribution is 5.86. The number of fused-ring (bicyclic) bond motifs is 1. The molecule has 0 amide bonds. The van der Waals surface area contributed by atoms with Crippen LogP contribution in [0.15, 0.2) is 30.3 Å². The summed E-state index contributed by atoms with van der Waals surface area (Å²) < 4.78 is 0. The first-order chi connectivity index (χ1) is 10.0. The Morgan fingerprint density at radius 3 is 2.62 bits per heavy atom. The summed E-state index contributed by atoms with van der Waals surface area (Å²) in [7, 11) is 4.12. The molecule has 0 aliphatic rings. The number of rotatable bonds is 5. The van der Waals surface area contributed by atoms with E-state index >= 15 is 0 Å². The maximum Gasteiger partial charge on any atom is 0.128 e. The second-order valence-corrected chi connectivity index (χ2v) is 5.94. The third-order valence-corrected chi connectivity index (χ3v) is 3.54. The standard InChI is InChI=1S/C17H22N4/c1-12(2)16(11-21(3)4)20-17-9-13(10-18)14-7-5-6-8-15(14)19-17/h5-9,12,16H,11H2,1-4H3,(H,19,20). The van der Waals surface area contributed by atoms with Crippen molar-refractivity contribution in [1.82, 2.24) is 9.88 Å². The van der Waals surface area contributed by atoms with Crippen LogP contribution in [0.3, 0.4) is 0 Å². The first kappa shape index (κ1) is 15.3. The summed E-state index contributed by atoms with van der Waals surface area (Å²) in [5.41, 5.74) is 1.52. The lowest BCUT2D eigenvalue weighted by Crippen LogP contribution is -2.36. The van der Waals surface area contributed by atoms with Crippen LogP contribution < -0.4 is 5.32 Å². The van der Waals surface area contributed by atoms with Crippen molar-refractivity contribution in [3.8, 4) is 6.07 Å². The number of nitriles is 1. The maximum absolute atomic E-state index is 9.34. The molecule has 1 aromatic carbocycles. The van der Waals surface area contributed by atoms with Crippen LogP contribution in [-0.2, 0) is 0 Å². The molecule has 21 heavy (non-hydrogen) atoms. The normalized spacial score (nSPS) is 12.6. The van der Waals surface area contributed by atoms with E-state index in [1.165, 1.54) is 0 Å². The third-order valence-electron chi connectivity index (χ3n) is 3.54. The van der Waals surface area contributed by atoms with Crippen LogP contribution in [0.4, 0.5) is 5.82 Å². The van der Waals surface area contributed by atoms with Gasteiger partial charge in [0.2, 0.25) is 0 Å². The Morgan fingerprint density at radius 2 is 2.00 bits per heavy atom. The highest BCUT2D eigenvalue weighted by atomic mass is 15.1. The summed E-state index contributed by atoms with van der Waals surface area (Å²) in [5.74, 6) is 1.25. The van der Waals surface area contributed by atoms with E-state index in [4.69, 9.17) is 0 Å². The average molecular weight is 282 g/mol. The Kier molecular flexibility index (Phi) is 4.77. The molecule has 0 spiro atoms. The fourth-order valence-electron chi connectivity index (χ4n) is 2.35. The maximum atomic E-state index is 9.34. The van der Waals surface area contributed by atoms with Gasteiger partial charge < -0.3 is 10.2 Å². The van der Waals surface area contributed by atoms with Crippen LogP contribution >= 0.6 is 0 Å². The number of para-hydroxylation sites is 1. The fraction of sp³-hybridized carbons (Fsp3) is 0.412. The molecule has 2 aromatic rings. The van der Waals surface area contributed by atoms with E-state index in [0.29, 0.717) is 17.5 Å². The zero-order valence-corrected chi connectivity index (χ0v) is 13.1. The average Bonchev–Trinajstić information content (AvgIpc) is 2.45. The van der Waals surface area contributed by atoms with Gasteiger partial charge in [0.05, 0.1) is 17.1 Å². The third kappa shape index (κ3) is 3.71. The van der Waals surface area contributed by atoms with Crippen LogP contribution in [0.1, 0.15) is 19.4 Å². The van der Waals surface area contributed by atoms with E-state index in [-0.39, 0.29) is 0 Å². The van der Waals surface area contributed by atoms with Gasteiger partial charge in [-0.3, -0.25) is 0 Å². The van der Waals surface area contributed by atoms with Gasteiger partial charge in [0.15, 0.2) is 0 Å². The Bertz CT molecular complexity index is 655. The quantitative estimate of drug-likeness (QED) is 0.915. The van der Waals surface area contributed by atoms with Gasteiger partial charge in [-0.1, -0.05) is 32.0 Å². The smallest absolute Gasteiger partial charge is 0.128 e. The number of nitrogens with one attached hydrogen (secondary N) is 1. The Morgan fingerprint density at radius 1 is 1.29 bits per heavy atom. The van der Waals surface area contributed by atoms with Gasteiger partial charge in [-0.05, 0) is 32.1 Å². The Hall–Kier alpha value is -2.12. The minimum Gasteiger partial charge on any atom is -0.366 e. The molecule has 1 atom stereocenters. The number of likely N-dealkylation sites (N-methyl/N-ethyl adjacent to an activating group) is 1. The van der Waals surface area contributed by atoms with Gasteiger partial charge in [-0.25, -0.2) is 4.98 Å². The van der Waals surface area contributed by atoms with E-state index in [2.05, 4.69) is 49.2 Å². The fourth-order valence-corrected chi connectivity index (χ4v) is 2.35. The van der Waals surface area contributed by atoms with Gasteiger partial charge in [0.25, 0.3) is 0 Å². The first-order valence-electron chi connectivity index (χ1n) is 7.22. The predicted molar refractivity (Wildman–Crippen MR) is 87.3 cm³/mol. The molecule has 1 unspecified atom stereocenters. The van der Waals surface area contributed by atoms with Gasteiger partial charge in [0, 0.05) is 18.0 Å². The molecule has 1 N–H and O–H groups in total. The monoisotopic (exact) mass is 282 g/mol. The molecule has 1 heterocycles. The van der Waals surface area contributed by atoms with Gasteiger partial charge in [-0.15, -0.1) is 0 Å². The Balaban J connectivity index is 2.35. The van der Waals surface area contributed by atoms with E-state index in [0.717, 1.165) is 23.3 Å². The van der Waals surface area contributed by atoms with Crippen molar-refractivity contribution >= 4 is 16.7 Å². The van der Waals surface area contributed by atoms with Crippen LogP contribution in [0.5, 0.6) is 0 Å². The van der Waals surface area contributed by atoms with Crippen molar-refractivity contribution in [2.45, 2.75) is 19.9 Å². The molecule has 4 nitrogen and oxygen atoms in total. The summed E-state index contributed by atoms with van der Waals surface area (Å²) in [6.07, 6.45) is 0. The molecule has 110 valence electrons. The van der Waals surface area contributed by atoms with Crippen molar-refractivity contribution in [2.75, 3.05) is 26.0 Å². The van der Waals surface area contributed by atoms with E-state index in [9.17, 15) is 5.26 Å². The molecule has 0 bridgehead atoms. The zero-order valence-electron chi connectivity index (χ0n) is 13.1. The molecule has 0 fully saturated rings. The van der Waals surface area contributed by atoms with Gasteiger partial charge in [-0.2, -0.15) is 5.26 Å². The molecule has 1 aromatic heterocycles. The van der Waals surface area contributed by atoms with Crippen LogP contribution in [-0.4, -0.2) is 36.6 Å². The van der Waals surface area contributed by atoms with E-state index in [1.54, 1.807) is 0 Å². The molecule has 0 aliphatic heterocycles. The first-order valence-corrected chi connectivity index (χ1v) is 7.22. The number of pyridine rings is 1. The molecule has 4 heteroatoms. The van der Waals surface area contributed by atoms with Crippen LogP contribution in [0, 0.1) is 17.2 Å². The van der Waals surface area contributed by atoms with Crippen LogP contribution in [0.25, 0.3) is 10.9 Å². The van der Waals surface area contributed by atoms with Gasteiger partial charge in [0.1, 0.15) is 5.82 Å². The number of anilines is 1. The lowest BCUT2D eigenvalue weighted by Gasteiger charge is -2.26. The molecular weight excluding hydrogens is 260 g/mol. The van der Waals surface area contributed by atoms with Crippen molar-refractivity contribution in [3.05, 3.63) is 35.9 Å². The lowest BCUT2D eigenvalue weighted by molar-refractivity contribution is 0.344. The number of aromatic nitrogens is 1. The van der Waals surface area contributed by atoms with Crippen molar-refractivity contribution in [2.24, 2.45) is 5.92 Å². The SMILES string of the molecule is CC(C)C(CN(C)C)Nc1cc(C#N)c2ccccc2n1. The van der Waals surface area contributed by atoms with Gasteiger partial charge >= 0.3 is 0 Å². The predicted octanol–water partition coefficient (Wildman–Crippen LogP) is 3.10. The number of nitrogens with zero attached hydrogens (tertiary/aromatic N) is 3. The molecule has 0 saturated carbocycles. The summed E-state index contributed by atoms with van der Waals surface area (Å²) in [4.78, 5) is 6.79. The summed E-state index contributed by atoms with van der Waals surface area (Å²) in [5, 5.41) is 13.7. The second-order valence-electron chi connectivity index (χ2n) is 5.94. The Labute approximate surface area is 126 Å². The van der Waals surface area contributed by atoms with E-state index < -0.39 is 0 Å². The zero-order chi connectivity index (χ0) is 15.4. The molecule has 2 rings (SSSR count). The second kappa shape index (κ2) is 6.55. The summed E-state index contributed by atoms with van der Waals surface area (Å²) in [6.45, 7) is 5.30. The topological polar surface area (TPSA) is 52.0 Å². The number of hydrogen-bond acceptors (Lipinski definition) is 4. The minimum absolute atomic E-state index is 0.292. The molecule has 0 aliphatic carbocycles. The van der Waals surface area contributed by atoms with Crippen molar-refractivity contribution in [3.63, 3.8) is 0 Å². The number of benzene rings is 1. The molecule has 0 radical (unpaired) electrons. The highest BCUT2D eigenvalue weighted by Gasteiger charge is 2.15. The minimum atomic E-state index is 0.292. The summed E-state index contributed by atoms with van der Waals surface area (Å²) in [6, 6.07) is 12.1. The van der Waals surface area contributed by atoms with Crippen molar-refractivity contribution < 1.29 is 0 Å². The largest absolute Gasteiger partial charge is 0.366 e. The van der Waals surface area contributed by atoms with Crippen LogP contribution in [0.2, 0.25) is 0 Å². The highest BCUT2D eigenvalue weighted by Crippen LogP contribution is 2.21.